The highest BCUT2D eigenvalue weighted by molar-refractivity contribution is 7.86. The minimum atomic E-state index is -4.97. The zero-order chi connectivity index (χ0) is 49.0. The fraction of sp³-hybridized carbons (Fsp3) is 0.444. The standard InChI is InChI=1S/C36H48N2O21S5/c1-24(10-5-11-25(2)38(13-7-17-61(46,47)48)33-23-29(64(55,56)57)22-30(26(33)3)34(39)40)37(12-6-16-60(43,44)45)32-21-28(35(41)58-14-8-18-62(49,50)51)20-31(27(32)4)36(42)59-15-9-19-63(52,53)54/h5,10-11,20-23H,6-9,12-19H2,1-4H3,(H5-,39,40,43,44,45,46,47,48,49,50,51,52,53,54,55,56,57)/p+1. The minimum absolute atomic E-state index is 0.0105. The van der Waals surface area contributed by atoms with Gasteiger partial charge in [-0.15, -0.1) is 0 Å². The minimum Gasteiger partial charge on any atom is -0.478 e. The van der Waals surface area contributed by atoms with Crippen LogP contribution >= 0.6 is 0 Å². The molecular weight excluding hydrogens is 957 g/mol. The Morgan fingerprint density at radius 2 is 1.16 bits per heavy atom. The molecule has 0 bridgehead atoms. The Bertz CT molecular complexity index is 2760. The van der Waals surface area contributed by atoms with Crippen LogP contribution in [0.5, 0.6) is 0 Å². The van der Waals surface area contributed by atoms with E-state index in [1.54, 1.807) is 0 Å². The third-order valence-electron chi connectivity index (χ3n) is 8.95. The molecule has 28 heteroatoms. The highest BCUT2D eigenvalue weighted by atomic mass is 32.2. The van der Waals surface area contributed by atoms with Crippen molar-refractivity contribution in [2.45, 2.75) is 58.3 Å². The van der Waals surface area contributed by atoms with E-state index in [0.29, 0.717) is 0 Å². The summed E-state index contributed by atoms with van der Waals surface area (Å²) in [6, 6.07) is 4.00. The average molecular weight is 1010 g/mol. The smallest absolute Gasteiger partial charge is 0.338 e. The third kappa shape index (κ3) is 19.2. The van der Waals surface area contributed by atoms with Crippen molar-refractivity contribution in [2.24, 2.45) is 0 Å². The molecule has 2 aromatic rings. The van der Waals surface area contributed by atoms with E-state index in [1.807, 2.05) is 0 Å². The van der Waals surface area contributed by atoms with Crippen molar-refractivity contribution in [3.63, 3.8) is 0 Å². The summed E-state index contributed by atoms with van der Waals surface area (Å²) in [4.78, 5) is 39.2. The molecule has 0 spiro atoms. The maximum atomic E-state index is 13.4. The molecule has 0 unspecified atom stereocenters. The summed E-state index contributed by atoms with van der Waals surface area (Å²) in [5.41, 5.74) is -0.521. The molecule has 2 aromatic carbocycles. The predicted octanol–water partition coefficient (Wildman–Crippen LogP) is 2.75. The monoisotopic (exact) mass is 1010 g/mol. The number of esters is 2. The zero-order valence-corrected chi connectivity index (χ0v) is 38.9. The molecule has 0 amide bonds. The summed E-state index contributed by atoms with van der Waals surface area (Å²) in [6.07, 6.45) is 3.10. The van der Waals surface area contributed by atoms with Crippen LogP contribution in [0, 0.1) is 13.8 Å². The SMILES string of the molecule is C\C(=C/C=C/C(C)=[N+](\CCCS(=O)(=O)O)c1cc(C(=O)OCCCS(=O)(=O)O)cc(C(=O)OCCCS(=O)(=O)O)c1C)N(CCCS(=O)(=O)O)c1cc(S(=O)(=O)O)cc(C(=O)O)c1C. The lowest BCUT2D eigenvalue weighted by molar-refractivity contribution is -0.440. The molecule has 0 radical (unpaired) electrons. The first-order valence-corrected chi connectivity index (χ1v) is 26.5. The zero-order valence-electron chi connectivity index (χ0n) is 34.8. The van der Waals surface area contributed by atoms with Gasteiger partial charge in [0.25, 0.3) is 50.6 Å². The highest BCUT2D eigenvalue weighted by Gasteiger charge is 2.27. The highest BCUT2D eigenvalue weighted by Crippen LogP contribution is 2.31. The fourth-order valence-corrected chi connectivity index (χ4v) is 8.38. The number of allylic oxidation sites excluding steroid dienone is 4. The number of ether oxygens (including phenoxy) is 2. The van der Waals surface area contributed by atoms with Crippen LogP contribution in [-0.2, 0) is 60.1 Å². The second kappa shape index (κ2) is 23.0. The van der Waals surface area contributed by atoms with E-state index in [9.17, 15) is 75.2 Å². The normalized spacial score (nSPS) is 13.4. The number of anilines is 1. The van der Waals surface area contributed by atoms with E-state index in [1.165, 1.54) is 61.5 Å². The molecule has 0 heterocycles. The number of aromatic carboxylic acids is 1. The number of carbonyl (C=O) groups is 3. The van der Waals surface area contributed by atoms with Gasteiger partial charge in [-0.3, -0.25) is 22.8 Å². The van der Waals surface area contributed by atoms with Gasteiger partial charge < -0.3 is 19.5 Å². The molecule has 0 aliphatic rings. The molecule has 0 aromatic heterocycles. The summed E-state index contributed by atoms with van der Waals surface area (Å²) in [7, 11) is -22.8. The Labute approximate surface area is 370 Å². The van der Waals surface area contributed by atoms with Gasteiger partial charge in [0, 0.05) is 49.0 Å². The lowest BCUT2D eigenvalue weighted by atomic mass is 10.0. The number of rotatable bonds is 25. The number of hydrogen-bond donors (Lipinski definition) is 6. The Kier molecular flexibility index (Phi) is 19.9. The summed E-state index contributed by atoms with van der Waals surface area (Å²) in [5.74, 6) is -6.73. The molecular formula is C36H49N2O21S5+. The van der Waals surface area contributed by atoms with Gasteiger partial charge >= 0.3 is 17.9 Å². The lowest BCUT2D eigenvalue weighted by Crippen LogP contribution is -2.26. The van der Waals surface area contributed by atoms with Gasteiger partial charge in [0.1, 0.15) is 6.54 Å². The number of nitrogens with zero attached hydrogens (tertiary/aromatic N) is 2. The van der Waals surface area contributed by atoms with Gasteiger partial charge in [-0.05, 0) is 69.9 Å². The fourth-order valence-electron chi connectivity index (χ4n) is 5.90. The third-order valence-corrected chi connectivity index (χ3v) is 13.0. The van der Waals surface area contributed by atoms with Crippen LogP contribution in [0.25, 0.3) is 0 Å². The molecule has 23 nitrogen and oxygen atoms in total. The van der Waals surface area contributed by atoms with Crippen LogP contribution in [0.1, 0.15) is 81.7 Å². The number of carboxylic acid groups (broad SMARTS) is 1. The van der Waals surface area contributed by atoms with Crippen molar-refractivity contribution >= 4 is 85.6 Å². The maximum absolute atomic E-state index is 13.4. The van der Waals surface area contributed by atoms with Gasteiger partial charge in [-0.1, -0.05) is 6.08 Å². The Hall–Kier alpha value is -4.65. The van der Waals surface area contributed by atoms with E-state index >= 15 is 0 Å². The maximum Gasteiger partial charge on any atom is 0.338 e. The van der Waals surface area contributed by atoms with E-state index in [0.717, 1.165) is 18.2 Å². The van der Waals surface area contributed by atoms with Crippen molar-refractivity contribution in [1.82, 2.24) is 0 Å². The Morgan fingerprint density at radius 3 is 1.66 bits per heavy atom. The predicted molar refractivity (Wildman–Crippen MR) is 230 cm³/mol. The first-order valence-electron chi connectivity index (χ1n) is 18.6. The van der Waals surface area contributed by atoms with Crippen LogP contribution in [0.2, 0.25) is 0 Å². The quantitative estimate of drug-likeness (QED) is 0.0208. The molecule has 0 fully saturated rings. The lowest BCUT2D eigenvalue weighted by Gasteiger charge is -2.28. The molecule has 2 rings (SSSR count). The van der Waals surface area contributed by atoms with Gasteiger partial charge in [-0.25, -0.2) is 14.4 Å². The van der Waals surface area contributed by atoms with Crippen molar-refractivity contribution in [3.8, 4) is 0 Å². The molecule has 64 heavy (non-hydrogen) atoms. The first kappa shape index (κ1) is 55.5. The van der Waals surface area contributed by atoms with E-state index in [4.69, 9.17) is 18.6 Å². The number of carbonyl (C=O) groups excluding carboxylic acids is 2. The summed E-state index contributed by atoms with van der Waals surface area (Å²) < 4.78 is 174. The topological polar surface area (TPSA) is 368 Å². The van der Waals surface area contributed by atoms with Gasteiger partial charge in [0.2, 0.25) is 5.69 Å². The van der Waals surface area contributed by atoms with Crippen molar-refractivity contribution in [2.75, 3.05) is 54.2 Å². The largest absolute Gasteiger partial charge is 0.478 e. The van der Waals surface area contributed by atoms with E-state index in [-0.39, 0.29) is 83.8 Å². The van der Waals surface area contributed by atoms with Crippen LogP contribution in [0.15, 0.2) is 53.1 Å². The van der Waals surface area contributed by atoms with Gasteiger partial charge in [0.05, 0.1) is 57.8 Å². The molecule has 0 saturated carbocycles. The molecule has 0 aliphatic heterocycles. The van der Waals surface area contributed by atoms with Crippen LogP contribution in [0.3, 0.4) is 0 Å². The van der Waals surface area contributed by atoms with Crippen molar-refractivity contribution < 1.29 is 98.4 Å². The summed E-state index contributed by atoms with van der Waals surface area (Å²) in [5, 5.41) is 9.81. The molecule has 0 saturated heterocycles. The van der Waals surface area contributed by atoms with Crippen molar-refractivity contribution in [3.05, 3.63) is 76.0 Å². The van der Waals surface area contributed by atoms with Crippen LogP contribution in [-0.4, -0.2) is 147 Å². The second-order valence-electron chi connectivity index (χ2n) is 14.0. The van der Waals surface area contributed by atoms with Crippen LogP contribution < -0.4 is 4.90 Å². The number of hydrogen-bond acceptors (Lipinski definition) is 16. The van der Waals surface area contributed by atoms with Crippen LogP contribution in [0.4, 0.5) is 11.4 Å². The van der Waals surface area contributed by atoms with Crippen molar-refractivity contribution in [1.29, 1.82) is 0 Å². The van der Waals surface area contributed by atoms with Gasteiger partial charge in [0.15, 0.2) is 5.71 Å². The average Bonchev–Trinajstić information content (AvgIpc) is 3.13. The summed E-state index contributed by atoms with van der Waals surface area (Å²) in [6.45, 7) is 4.25. The molecule has 0 aliphatic carbocycles. The molecule has 358 valence electrons. The van der Waals surface area contributed by atoms with E-state index < -0.39 is 115 Å². The molecule has 6 N–H and O–H groups in total. The second-order valence-corrected chi connectivity index (χ2v) is 21.7. The van der Waals surface area contributed by atoms with Gasteiger partial charge in [-0.2, -0.15) is 46.7 Å². The Balaban J connectivity index is 2.86. The molecule has 0 atom stereocenters. The Morgan fingerprint density at radius 1 is 0.656 bits per heavy atom. The summed E-state index contributed by atoms with van der Waals surface area (Å²) >= 11 is 0. The first-order chi connectivity index (χ1) is 29.2. The van der Waals surface area contributed by atoms with E-state index in [2.05, 4.69) is 0 Å². The number of benzene rings is 2. The number of carboxylic acids is 1.